The molecule has 0 bridgehead atoms. The molecule has 0 atom stereocenters. The molecule has 1 aromatic heterocycles. The van der Waals surface area contributed by atoms with E-state index in [0.717, 1.165) is 22.1 Å². The van der Waals surface area contributed by atoms with Crippen molar-refractivity contribution >= 4 is 45.0 Å². The summed E-state index contributed by atoms with van der Waals surface area (Å²) in [4.78, 5) is 21.7. The molecule has 0 spiro atoms. The fourth-order valence-electron chi connectivity index (χ4n) is 3.60. The summed E-state index contributed by atoms with van der Waals surface area (Å²) in [7, 11) is -2.91. The maximum Gasteiger partial charge on any atom is 0.321 e. The van der Waals surface area contributed by atoms with Gasteiger partial charge in [-0.05, 0) is 23.8 Å². The van der Waals surface area contributed by atoms with Crippen molar-refractivity contribution in [1.29, 1.82) is 0 Å². The third-order valence-electron chi connectivity index (χ3n) is 5.31. The maximum atomic E-state index is 12.7. The summed E-state index contributed by atoms with van der Waals surface area (Å²) in [5.74, 6) is 0.720. The van der Waals surface area contributed by atoms with Gasteiger partial charge in [-0.15, -0.1) is 10.6 Å². The van der Waals surface area contributed by atoms with Crippen molar-refractivity contribution in [3.63, 3.8) is 0 Å². The van der Waals surface area contributed by atoms with Gasteiger partial charge < -0.3 is 15.1 Å². The van der Waals surface area contributed by atoms with Gasteiger partial charge in [-0.3, -0.25) is 9.11 Å². The molecule has 3 aromatic rings. The number of fused-ring (bicyclic) bond motifs is 1. The lowest BCUT2D eigenvalue weighted by molar-refractivity contribution is 0.208. The molecular weight excluding hydrogens is 434 g/mol. The van der Waals surface area contributed by atoms with E-state index >= 15 is 0 Å². The number of carbonyl (C=O) groups excluding carboxylic acids is 1. The molecule has 2 aliphatic rings. The number of nitrogens with one attached hydrogen (secondary N) is 1. The molecule has 2 aliphatic heterocycles. The third kappa shape index (κ3) is 4.02. The number of anilines is 2. The fourth-order valence-corrected chi connectivity index (χ4v) is 5.61. The predicted molar refractivity (Wildman–Crippen MR) is 125 cm³/mol. The first kappa shape index (κ1) is 20.0. The van der Waals surface area contributed by atoms with Gasteiger partial charge in [0.1, 0.15) is 0 Å². The Hall–Kier alpha value is -2.92. The molecule has 8 nitrogen and oxygen atoms in total. The average Bonchev–Trinajstić information content (AvgIpc) is 3.40. The number of hydrogen-bond donors (Lipinski definition) is 3. The second-order valence-electron chi connectivity index (χ2n) is 7.32. The Morgan fingerprint density at radius 2 is 1.84 bits per heavy atom. The first-order valence-corrected chi connectivity index (χ1v) is 12.2. The molecule has 5 rings (SSSR count). The van der Waals surface area contributed by atoms with Crippen molar-refractivity contribution in [2.45, 2.75) is 4.90 Å². The molecule has 2 aromatic carbocycles. The first-order valence-electron chi connectivity index (χ1n) is 9.80. The van der Waals surface area contributed by atoms with E-state index in [1.807, 2.05) is 30.3 Å². The summed E-state index contributed by atoms with van der Waals surface area (Å²) in [6.45, 7) is 2.47. The van der Waals surface area contributed by atoms with Gasteiger partial charge in [-0.25, -0.2) is 4.79 Å². The molecule has 2 amide bonds. The highest BCUT2D eigenvalue weighted by Crippen LogP contribution is 2.56. The van der Waals surface area contributed by atoms with Crippen molar-refractivity contribution in [3.05, 3.63) is 59.5 Å². The SMILES string of the molecule is O=C(Nc1ccc2c(c1)S(O)(O)C=C2)N1CCN(c2nc(-c3ccccc3)ns2)CC1. The van der Waals surface area contributed by atoms with Crippen molar-refractivity contribution < 1.29 is 13.9 Å². The zero-order valence-corrected chi connectivity index (χ0v) is 18.1. The Labute approximate surface area is 185 Å². The van der Waals surface area contributed by atoms with E-state index in [4.69, 9.17) is 0 Å². The summed E-state index contributed by atoms with van der Waals surface area (Å²) in [5.41, 5.74) is 2.30. The minimum atomic E-state index is -2.91. The van der Waals surface area contributed by atoms with Crippen molar-refractivity contribution in [3.8, 4) is 11.4 Å². The molecular formula is C21H21N5O3S2. The topological polar surface area (TPSA) is 102 Å². The number of nitrogens with zero attached hydrogens (tertiary/aromatic N) is 4. The van der Waals surface area contributed by atoms with Gasteiger partial charge in [-0.2, -0.15) is 9.36 Å². The zero-order valence-electron chi connectivity index (χ0n) is 16.5. The van der Waals surface area contributed by atoms with E-state index in [1.54, 1.807) is 29.2 Å². The number of amides is 2. The zero-order chi connectivity index (χ0) is 21.4. The Bertz CT molecular complexity index is 1140. The minimum absolute atomic E-state index is 0.204. The molecule has 31 heavy (non-hydrogen) atoms. The van der Waals surface area contributed by atoms with Gasteiger partial charge in [0.15, 0.2) is 5.82 Å². The highest BCUT2D eigenvalue weighted by atomic mass is 32.3. The summed E-state index contributed by atoms with van der Waals surface area (Å²) >= 11 is 1.37. The second-order valence-corrected chi connectivity index (χ2v) is 9.95. The van der Waals surface area contributed by atoms with E-state index in [-0.39, 0.29) is 6.03 Å². The van der Waals surface area contributed by atoms with E-state index in [2.05, 4.69) is 19.6 Å². The van der Waals surface area contributed by atoms with Gasteiger partial charge >= 0.3 is 6.03 Å². The van der Waals surface area contributed by atoms with E-state index in [9.17, 15) is 13.9 Å². The number of aromatic nitrogens is 2. The Morgan fingerprint density at radius 3 is 2.61 bits per heavy atom. The Kier molecular flexibility index (Phi) is 5.14. The number of benzene rings is 2. The van der Waals surface area contributed by atoms with Gasteiger partial charge in [0.25, 0.3) is 0 Å². The number of piperazine rings is 1. The smallest absolute Gasteiger partial charge is 0.321 e. The lowest BCUT2D eigenvalue weighted by Gasteiger charge is -2.34. The van der Waals surface area contributed by atoms with E-state index in [1.165, 1.54) is 16.9 Å². The van der Waals surface area contributed by atoms with Crippen LogP contribution in [0, 0.1) is 0 Å². The van der Waals surface area contributed by atoms with Crippen LogP contribution in [0.1, 0.15) is 5.56 Å². The molecule has 3 N–H and O–H groups in total. The van der Waals surface area contributed by atoms with Crippen LogP contribution in [0.3, 0.4) is 0 Å². The van der Waals surface area contributed by atoms with Crippen molar-refractivity contribution in [2.75, 3.05) is 36.4 Å². The Morgan fingerprint density at radius 1 is 1.06 bits per heavy atom. The van der Waals surface area contributed by atoms with Crippen LogP contribution in [0.4, 0.5) is 15.6 Å². The number of urea groups is 1. The number of rotatable bonds is 3. The van der Waals surface area contributed by atoms with E-state index in [0.29, 0.717) is 36.8 Å². The van der Waals surface area contributed by atoms with Crippen LogP contribution < -0.4 is 10.2 Å². The number of carbonyl (C=O) groups is 1. The maximum absolute atomic E-state index is 12.7. The van der Waals surface area contributed by atoms with Crippen LogP contribution in [0.5, 0.6) is 0 Å². The Balaban J connectivity index is 1.20. The molecule has 160 valence electrons. The first-order chi connectivity index (χ1) is 15.0. The summed E-state index contributed by atoms with van der Waals surface area (Å²) in [5, 5.41) is 5.12. The lowest BCUT2D eigenvalue weighted by atomic mass is 10.2. The summed E-state index contributed by atoms with van der Waals surface area (Å²) in [6.07, 6.45) is 1.69. The highest BCUT2D eigenvalue weighted by Gasteiger charge is 2.25. The van der Waals surface area contributed by atoms with Crippen LogP contribution in [0.25, 0.3) is 17.5 Å². The minimum Gasteiger partial charge on any atom is -0.343 e. The summed E-state index contributed by atoms with van der Waals surface area (Å²) < 4.78 is 24.6. The lowest BCUT2D eigenvalue weighted by Crippen LogP contribution is -2.50. The van der Waals surface area contributed by atoms with Crippen LogP contribution >= 0.6 is 22.1 Å². The molecule has 10 heteroatoms. The largest absolute Gasteiger partial charge is 0.343 e. The number of hydrogen-bond acceptors (Lipinski definition) is 7. The molecule has 3 heterocycles. The van der Waals surface area contributed by atoms with E-state index < -0.39 is 10.6 Å². The van der Waals surface area contributed by atoms with Crippen LogP contribution in [0.2, 0.25) is 0 Å². The quantitative estimate of drug-likeness (QED) is 0.531. The van der Waals surface area contributed by atoms with Gasteiger partial charge in [0, 0.05) is 54.4 Å². The molecule has 0 radical (unpaired) electrons. The normalized spacial score (nSPS) is 18.0. The van der Waals surface area contributed by atoms with Gasteiger partial charge in [-0.1, -0.05) is 36.4 Å². The standard InChI is InChI=1S/C21H21N5O3S2/c27-20(22-17-7-6-15-8-13-31(28,29)18(15)14-17)25-9-11-26(12-10-25)21-23-19(24-30-21)16-4-2-1-3-5-16/h1-8,13-14,28-29H,9-12H2,(H,22,27). The molecule has 1 fully saturated rings. The molecule has 0 saturated carbocycles. The molecule has 0 aliphatic carbocycles. The second kappa shape index (κ2) is 7.97. The highest BCUT2D eigenvalue weighted by molar-refractivity contribution is 8.27. The predicted octanol–water partition coefficient (Wildman–Crippen LogP) is 4.65. The summed E-state index contributed by atoms with van der Waals surface area (Å²) in [6, 6.07) is 14.8. The van der Waals surface area contributed by atoms with Crippen LogP contribution in [-0.2, 0) is 0 Å². The molecule has 0 unspecified atom stereocenters. The van der Waals surface area contributed by atoms with Crippen molar-refractivity contribution in [2.24, 2.45) is 0 Å². The molecule has 1 saturated heterocycles. The van der Waals surface area contributed by atoms with Crippen molar-refractivity contribution in [1.82, 2.24) is 14.3 Å². The van der Waals surface area contributed by atoms with Crippen LogP contribution in [0.15, 0.2) is 58.8 Å². The monoisotopic (exact) mass is 455 g/mol. The average molecular weight is 456 g/mol. The van der Waals surface area contributed by atoms with Crippen LogP contribution in [-0.4, -0.2) is 55.6 Å². The van der Waals surface area contributed by atoms with Gasteiger partial charge in [0.05, 0.1) is 4.90 Å². The fraction of sp³-hybridized carbons (Fsp3) is 0.190. The van der Waals surface area contributed by atoms with Gasteiger partial charge in [0.2, 0.25) is 5.13 Å². The third-order valence-corrected chi connectivity index (χ3v) is 7.60.